The van der Waals surface area contributed by atoms with Gasteiger partial charge in [0.15, 0.2) is 0 Å². The molecule has 0 heterocycles. The zero-order chi connectivity index (χ0) is 36.6. The van der Waals surface area contributed by atoms with Crippen LogP contribution in [0.2, 0.25) is 0 Å². The molecule has 0 bridgehead atoms. The second-order valence-electron chi connectivity index (χ2n) is 16.1. The van der Waals surface area contributed by atoms with Gasteiger partial charge in [0.1, 0.15) is 0 Å². The van der Waals surface area contributed by atoms with Crippen molar-refractivity contribution in [3.63, 3.8) is 0 Å². The summed E-state index contributed by atoms with van der Waals surface area (Å²) in [6, 6.07) is 67.6. The Morgan fingerprint density at radius 3 is 1.02 bits per heavy atom. The first-order valence-electron chi connectivity index (χ1n) is 19.2. The molecule has 0 unspecified atom stereocenters. The van der Waals surface area contributed by atoms with Crippen LogP contribution in [0.5, 0.6) is 0 Å². The van der Waals surface area contributed by atoms with Crippen LogP contribution in [0, 0.1) is 0 Å². The van der Waals surface area contributed by atoms with E-state index in [1.54, 1.807) is 0 Å². The lowest BCUT2D eigenvalue weighted by molar-refractivity contribution is 0.660. The number of hydrogen-bond acceptors (Lipinski definition) is 0. The fourth-order valence-electron chi connectivity index (χ4n) is 9.38. The molecule has 54 heavy (non-hydrogen) atoms. The molecule has 8 aromatic rings. The van der Waals surface area contributed by atoms with Crippen molar-refractivity contribution in [2.24, 2.45) is 0 Å². The lowest BCUT2D eigenvalue weighted by Gasteiger charge is -2.24. The Morgan fingerprint density at radius 2 is 0.574 bits per heavy atom. The van der Waals surface area contributed by atoms with Gasteiger partial charge in [-0.2, -0.15) is 0 Å². The molecule has 0 nitrogen and oxygen atoms in total. The molecule has 0 heteroatoms. The molecule has 0 radical (unpaired) electrons. The zero-order valence-corrected chi connectivity index (χ0v) is 31.3. The Balaban J connectivity index is 1.03. The van der Waals surface area contributed by atoms with Gasteiger partial charge in [0, 0.05) is 10.8 Å². The molecule has 0 aromatic heterocycles. The third kappa shape index (κ3) is 4.97. The predicted molar refractivity (Wildman–Crippen MR) is 229 cm³/mol. The van der Waals surface area contributed by atoms with E-state index in [-0.39, 0.29) is 10.8 Å². The summed E-state index contributed by atoms with van der Waals surface area (Å²) in [6.45, 7) is 9.57. The van der Waals surface area contributed by atoms with E-state index in [1.165, 1.54) is 100 Å². The Bertz CT molecular complexity index is 2730. The van der Waals surface area contributed by atoms with Crippen LogP contribution < -0.4 is 0 Å². The van der Waals surface area contributed by atoms with Gasteiger partial charge in [0.25, 0.3) is 0 Å². The topological polar surface area (TPSA) is 0 Å². The fourth-order valence-corrected chi connectivity index (χ4v) is 9.38. The van der Waals surface area contributed by atoms with Gasteiger partial charge >= 0.3 is 0 Å². The van der Waals surface area contributed by atoms with Gasteiger partial charge in [-0.3, -0.25) is 0 Å². The van der Waals surface area contributed by atoms with Gasteiger partial charge in [-0.05, 0) is 124 Å². The van der Waals surface area contributed by atoms with Crippen LogP contribution in [0.3, 0.4) is 0 Å². The zero-order valence-electron chi connectivity index (χ0n) is 31.3. The molecular formula is C54H42. The molecule has 0 fully saturated rings. The standard InChI is InChI=1S/C54H42/c1-53(2)48-31-38(35-15-8-5-9-16-35)23-27-44(48)45-28-24-39(32-49(45)53)40-25-29-46-47-30-26-41(34-51(47)54(3,4)50(46)33-40)43-22-14-21-42(36-17-10-6-11-18-36)52(43)37-19-12-7-13-20-37/h5-34H,1-4H3. The third-order valence-corrected chi connectivity index (χ3v) is 12.3. The normalized spacial score (nSPS) is 14.2. The lowest BCUT2D eigenvalue weighted by atomic mass is 9.79. The van der Waals surface area contributed by atoms with Gasteiger partial charge in [0.05, 0.1) is 0 Å². The van der Waals surface area contributed by atoms with E-state index < -0.39 is 0 Å². The van der Waals surface area contributed by atoms with E-state index in [0.29, 0.717) is 0 Å². The molecule has 2 aliphatic carbocycles. The molecule has 2 aliphatic rings. The van der Waals surface area contributed by atoms with Gasteiger partial charge in [-0.25, -0.2) is 0 Å². The number of benzene rings is 8. The summed E-state index contributed by atoms with van der Waals surface area (Å²) >= 11 is 0. The van der Waals surface area contributed by atoms with Crippen molar-refractivity contribution >= 4 is 0 Å². The first-order chi connectivity index (χ1) is 26.3. The number of rotatable bonds is 5. The maximum Gasteiger partial charge on any atom is 0.0159 e. The average Bonchev–Trinajstić information content (AvgIpc) is 3.59. The lowest BCUT2D eigenvalue weighted by Crippen LogP contribution is -2.15. The van der Waals surface area contributed by atoms with Crippen LogP contribution in [-0.4, -0.2) is 0 Å². The summed E-state index contributed by atoms with van der Waals surface area (Å²) in [5.41, 5.74) is 23.3. The van der Waals surface area contributed by atoms with Crippen molar-refractivity contribution in [1.29, 1.82) is 0 Å². The predicted octanol–water partition coefficient (Wildman–Crippen LogP) is 14.6. The van der Waals surface area contributed by atoms with Crippen molar-refractivity contribution in [1.82, 2.24) is 0 Å². The molecule has 0 spiro atoms. The summed E-state index contributed by atoms with van der Waals surface area (Å²) in [7, 11) is 0. The summed E-state index contributed by atoms with van der Waals surface area (Å²) in [5, 5.41) is 0. The second-order valence-corrected chi connectivity index (χ2v) is 16.1. The van der Waals surface area contributed by atoms with Crippen molar-refractivity contribution in [3.8, 4) is 77.9 Å². The van der Waals surface area contributed by atoms with Crippen LogP contribution in [0.25, 0.3) is 77.9 Å². The highest BCUT2D eigenvalue weighted by Gasteiger charge is 2.38. The number of hydrogen-bond donors (Lipinski definition) is 0. The van der Waals surface area contributed by atoms with Gasteiger partial charge in [-0.1, -0.05) is 185 Å². The molecular weight excluding hydrogens is 649 g/mol. The highest BCUT2D eigenvalue weighted by molar-refractivity contribution is 5.96. The minimum absolute atomic E-state index is 0.0927. The molecule has 10 rings (SSSR count). The van der Waals surface area contributed by atoms with Crippen LogP contribution in [-0.2, 0) is 10.8 Å². The Kier molecular flexibility index (Phi) is 7.29. The van der Waals surface area contributed by atoms with E-state index in [9.17, 15) is 0 Å². The molecule has 0 amide bonds. The SMILES string of the molecule is CC1(C)c2cc(-c3ccccc3)ccc2-c2ccc(-c3ccc4c(c3)C(C)(C)c3cc(-c5cccc(-c6ccccc6)c5-c5ccccc5)ccc3-4)cc21. The van der Waals surface area contributed by atoms with E-state index in [0.717, 1.165) is 0 Å². The molecule has 0 N–H and O–H groups in total. The highest BCUT2D eigenvalue weighted by Crippen LogP contribution is 2.53. The quantitative estimate of drug-likeness (QED) is 0.169. The average molecular weight is 691 g/mol. The van der Waals surface area contributed by atoms with Crippen LogP contribution in [0.4, 0.5) is 0 Å². The first kappa shape index (κ1) is 32.4. The molecule has 258 valence electrons. The summed E-state index contributed by atoms with van der Waals surface area (Å²) < 4.78 is 0. The van der Waals surface area contributed by atoms with Gasteiger partial charge < -0.3 is 0 Å². The molecule has 0 saturated heterocycles. The van der Waals surface area contributed by atoms with E-state index in [4.69, 9.17) is 0 Å². The third-order valence-electron chi connectivity index (χ3n) is 12.3. The summed E-state index contributed by atoms with van der Waals surface area (Å²) in [6.07, 6.45) is 0. The van der Waals surface area contributed by atoms with E-state index in [2.05, 4.69) is 210 Å². The van der Waals surface area contributed by atoms with Crippen molar-refractivity contribution in [3.05, 3.63) is 204 Å². The number of fused-ring (bicyclic) bond motifs is 6. The maximum atomic E-state index is 2.46. The smallest absolute Gasteiger partial charge is 0.0159 e. The Labute approximate surface area is 319 Å². The Morgan fingerprint density at radius 1 is 0.241 bits per heavy atom. The Hall–Kier alpha value is -6.24. The monoisotopic (exact) mass is 690 g/mol. The van der Waals surface area contributed by atoms with Crippen LogP contribution >= 0.6 is 0 Å². The molecule has 0 atom stereocenters. The molecule has 0 aliphatic heterocycles. The maximum absolute atomic E-state index is 2.46. The van der Waals surface area contributed by atoms with Crippen molar-refractivity contribution < 1.29 is 0 Å². The highest BCUT2D eigenvalue weighted by atomic mass is 14.4. The van der Waals surface area contributed by atoms with Gasteiger partial charge in [0.2, 0.25) is 0 Å². The minimum Gasteiger partial charge on any atom is -0.0622 e. The van der Waals surface area contributed by atoms with Crippen molar-refractivity contribution in [2.45, 2.75) is 38.5 Å². The summed E-state index contributed by atoms with van der Waals surface area (Å²) in [5.74, 6) is 0. The first-order valence-corrected chi connectivity index (χ1v) is 19.2. The fraction of sp³-hybridized carbons (Fsp3) is 0.111. The molecule has 8 aromatic carbocycles. The largest absolute Gasteiger partial charge is 0.0622 e. The van der Waals surface area contributed by atoms with E-state index in [1.807, 2.05) is 0 Å². The van der Waals surface area contributed by atoms with Gasteiger partial charge in [-0.15, -0.1) is 0 Å². The minimum atomic E-state index is -0.152. The summed E-state index contributed by atoms with van der Waals surface area (Å²) in [4.78, 5) is 0. The van der Waals surface area contributed by atoms with Crippen molar-refractivity contribution in [2.75, 3.05) is 0 Å². The van der Waals surface area contributed by atoms with E-state index >= 15 is 0 Å². The van der Waals surface area contributed by atoms with Crippen LogP contribution in [0.1, 0.15) is 49.9 Å². The second kappa shape index (κ2) is 12.2. The van der Waals surface area contributed by atoms with Crippen LogP contribution in [0.15, 0.2) is 182 Å². The molecule has 0 saturated carbocycles.